The zero-order chi connectivity index (χ0) is 35.5. The molecule has 4 aliphatic carbocycles. The molecule has 49 heavy (non-hydrogen) atoms. The molecule has 0 radical (unpaired) electrons. The van der Waals surface area contributed by atoms with Gasteiger partial charge in [0.15, 0.2) is 0 Å². The third-order valence-corrected chi connectivity index (χ3v) is 14.8. The van der Waals surface area contributed by atoms with Crippen LogP contribution in [0.2, 0.25) is 0 Å². The van der Waals surface area contributed by atoms with Crippen LogP contribution in [0.15, 0.2) is 27.4 Å². The predicted octanol–water partition coefficient (Wildman–Crippen LogP) is 7.11. The number of hydrogen-bond donors (Lipinski definition) is 3. The Balaban J connectivity index is 1.06. The topological polar surface area (TPSA) is 140 Å². The molecule has 0 amide bonds. The fourth-order valence-electron chi connectivity index (χ4n) is 11.2. The number of aromatic nitrogens is 2. The van der Waals surface area contributed by atoms with Crippen LogP contribution in [-0.2, 0) is 18.3 Å². The summed E-state index contributed by atoms with van der Waals surface area (Å²) in [7, 11) is -4.52. The second-order valence-corrected chi connectivity index (χ2v) is 18.5. The van der Waals surface area contributed by atoms with Crippen LogP contribution in [-0.4, -0.2) is 44.5 Å². The number of aromatic amines is 1. The molecule has 276 valence electrons. The quantitative estimate of drug-likeness (QED) is 0.163. The van der Waals surface area contributed by atoms with Crippen LogP contribution in [0.25, 0.3) is 0 Å². The number of nitrogens with one attached hydrogen (secondary N) is 1. The van der Waals surface area contributed by atoms with E-state index in [9.17, 15) is 28.5 Å². The van der Waals surface area contributed by atoms with Gasteiger partial charge in [0.2, 0.25) is 5.82 Å². The summed E-state index contributed by atoms with van der Waals surface area (Å²) in [5.74, 6) is 3.62. The largest absolute Gasteiger partial charge is 0.472 e. The Morgan fingerprint density at radius 3 is 2.61 bits per heavy atom. The van der Waals surface area contributed by atoms with Gasteiger partial charge in [-0.3, -0.25) is 23.4 Å². The maximum Gasteiger partial charge on any atom is 0.472 e. The summed E-state index contributed by atoms with van der Waals surface area (Å²) in [6.45, 7) is 14.1. The molecule has 4 fully saturated rings. The first kappa shape index (κ1) is 37.1. The molecule has 5 aliphatic rings. The van der Waals surface area contributed by atoms with Crippen molar-refractivity contribution in [1.82, 2.24) is 9.55 Å². The first-order valence-corrected chi connectivity index (χ1v) is 20.2. The molecule has 12 heteroatoms. The van der Waals surface area contributed by atoms with Crippen LogP contribution in [0.5, 0.6) is 0 Å². The van der Waals surface area contributed by atoms with E-state index in [0.717, 1.165) is 34.7 Å². The SMILES string of the molecule is CC(C)CCC[C@@H](C)[C@H]1CCC2C3C(C)C=C4C[C@@H](OP(=O)(O)OCC5OC(n6cc(F)c(=O)[nH]c6=O)CC5O)CC[C@]4(C)C3CC[C@@]21C. The summed E-state index contributed by atoms with van der Waals surface area (Å²) in [4.78, 5) is 36.1. The van der Waals surface area contributed by atoms with Gasteiger partial charge in [-0.25, -0.2) is 9.36 Å². The molecule has 2 heterocycles. The van der Waals surface area contributed by atoms with Crippen molar-refractivity contribution in [2.45, 2.75) is 137 Å². The van der Waals surface area contributed by atoms with E-state index < -0.39 is 56.0 Å². The van der Waals surface area contributed by atoms with Gasteiger partial charge < -0.3 is 14.7 Å². The highest BCUT2D eigenvalue weighted by molar-refractivity contribution is 7.47. The summed E-state index contributed by atoms with van der Waals surface area (Å²) in [5, 5.41) is 10.5. The molecule has 13 atom stereocenters. The zero-order valence-electron chi connectivity index (χ0n) is 30.1. The van der Waals surface area contributed by atoms with E-state index >= 15 is 0 Å². The molecule has 0 spiro atoms. The normalized spacial score (nSPS) is 40.7. The van der Waals surface area contributed by atoms with Crippen molar-refractivity contribution in [3.8, 4) is 0 Å². The standard InChI is InChI=1S/C37H58FN2O8P/c1-21(2)8-7-9-22(3)26-10-11-27-33-23(4)16-24-17-25(12-14-36(24,5)28(33)13-15-37(26,27)6)48-49(44,45)46-20-31-30(41)18-32(47-31)40-19-29(38)34(42)39-35(40)43/h16,19,21-23,25-28,30-33,41H,7-15,17-18,20H2,1-6H3,(H,44,45)(H,39,42,43)/t22-,23?,25+,26-,27?,28?,30?,31?,32?,33?,36+,37-/m1/s1. The minimum atomic E-state index is -4.52. The first-order chi connectivity index (χ1) is 23.0. The molecule has 3 saturated carbocycles. The third kappa shape index (κ3) is 7.23. The zero-order valence-corrected chi connectivity index (χ0v) is 31.0. The van der Waals surface area contributed by atoms with Gasteiger partial charge in [-0.05, 0) is 97.2 Å². The second-order valence-electron chi connectivity index (χ2n) is 17.1. The number of aliphatic hydroxyl groups is 1. The van der Waals surface area contributed by atoms with Crippen molar-refractivity contribution in [3.05, 3.63) is 44.5 Å². The number of allylic oxidation sites excluding steroid dienone is 1. The van der Waals surface area contributed by atoms with Gasteiger partial charge in [0.25, 0.3) is 5.56 Å². The van der Waals surface area contributed by atoms with E-state index in [0.29, 0.717) is 42.2 Å². The van der Waals surface area contributed by atoms with E-state index in [2.05, 4.69) is 47.6 Å². The number of phosphoric acid groups is 1. The molecule has 1 aromatic heterocycles. The molecular formula is C37H58FN2O8P. The number of halogens is 1. The van der Waals surface area contributed by atoms with Gasteiger partial charge in [-0.15, -0.1) is 0 Å². The Hall–Kier alpha value is -1.62. The summed E-state index contributed by atoms with van der Waals surface area (Å²) < 4.78 is 44.4. The molecule has 0 aromatic carbocycles. The average molecular weight is 709 g/mol. The summed E-state index contributed by atoms with van der Waals surface area (Å²) in [6.07, 6.45) is 10.7. The summed E-state index contributed by atoms with van der Waals surface area (Å²) >= 11 is 0. The molecule has 10 nitrogen and oxygen atoms in total. The highest BCUT2D eigenvalue weighted by Gasteiger charge is 2.60. The Labute approximate surface area is 289 Å². The smallest absolute Gasteiger partial charge is 0.390 e. The first-order valence-electron chi connectivity index (χ1n) is 18.7. The lowest BCUT2D eigenvalue weighted by molar-refractivity contribution is -0.0742. The monoisotopic (exact) mass is 708 g/mol. The fraction of sp³-hybridized carbons (Fsp3) is 0.838. The lowest BCUT2D eigenvalue weighted by Crippen LogP contribution is -2.53. The van der Waals surface area contributed by atoms with Crippen LogP contribution in [0.3, 0.4) is 0 Å². The van der Waals surface area contributed by atoms with Gasteiger partial charge >= 0.3 is 13.5 Å². The van der Waals surface area contributed by atoms with E-state index in [1.165, 1.54) is 50.5 Å². The van der Waals surface area contributed by atoms with Crippen molar-refractivity contribution >= 4 is 7.82 Å². The third-order valence-electron chi connectivity index (χ3n) is 13.7. The molecule has 1 saturated heterocycles. The van der Waals surface area contributed by atoms with Crippen LogP contribution < -0.4 is 11.2 Å². The molecule has 8 unspecified atom stereocenters. The van der Waals surface area contributed by atoms with Crippen molar-refractivity contribution in [3.63, 3.8) is 0 Å². The maximum absolute atomic E-state index is 13.8. The van der Waals surface area contributed by atoms with Gasteiger partial charge in [-0.2, -0.15) is 4.39 Å². The lowest BCUT2D eigenvalue weighted by Gasteiger charge is -2.60. The number of aliphatic hydroxyl groups excluding tert-OH is 1. The highest BCUT2D eigenvalue weighted by Crippen LogP contribution is 2.68. The molecule has 6 rings (SSSR count). The van der Waals surface area contributed by atoms with Gasteiger partial charge in [0.1, 0.15) is 12.3 Å². The average Bonchev–Trinajstić information content (AvgIpc) is 3.57. The second kappa shape index (κ2) is 14.1. The van der Waals surface area contributed by atoms with E-state index in [1.54, 1.807) is 0 Å². The Kier molecular flexibility index (Phi) is 10.7. The van der Waals surface area contributed by atoms with Crippen LogP contribution >= 0.6 is 7.82 Å². The van der Waals surface area contributed by atoms with Gasteiger partial charge in [0.05, 0.1) is 25.0 Å². The molecule has 3 N–H and O–H groups in total. The van der Waals surface area contributed by atoms with E-state index in [1.807, 2.05) is 4.98 Å². The number of hydrogen-bond acceptors (Lipinski definition) is 7. The fourth-order valence-corrected chi connectivity index (χ4v) is 12.1. The summed E-state index contributed by atoms with van der Waals surface area (Å²) in [5.41, 5.74) is -0.247. The summed E-state index contributed by atoms with van der Waals surface area (Å²) in [6, 6.07) is 0. The maximum atomic E-state index is 13.8. The van der Waals surface area contributed by atoms with Crippen molar-refractivity contribution in [1.29, 1.82) is 0 Å². The van der Waals surface area contributed by atoms with Crippen molar-refractivity contribution in [2.24, 2.45) is 52.3 Å². The van der Waals surface area contributed by atoms with E-state index in [4.69, 9.17) is 13.8 Å². The Bertz CT molecular complexity index is 1560. The van der Waals surface area contributed by atoms with Crippen LogP contribution in [0.4, 0.5) is 4.39 Å². The Morgan fingerprint density at radius 1 is 1.12 bits per heavy atom. The molecular weight excluding hydrogens is 650 g/mol. The number of nitrogens with zero attached hydrogens (tertiary/aromatic N) is 1. The number of H-pyrrole nitrogens is 1. The number of fused-ring (bicyclic) bond motifs is 5. The molecule has 1 aliphatic heterocycles. The van der Waals surface area contributed by atoms with Crippen LogP contribution in [0.1, 0.15) is 118 Å². The minimum Gasteiger partial charge on any atom is -0.390 e. The minimum absolute atomic E-state index is 0.0513. The predicted molar refractivity (Wildman–Crippen MR) is 184 cm³/mol. The number of phosphoric ester groups is 1. The van der Waals surface area contributed by atoms with Gasteiger partial charge in [0, 0.05) is 6.42 Å². The highest BCUT2D eigenvalue weighted by atomic mass is 31.2. The lowest BCUT2D eigenvalue weighted by atomic mass is 9.45. The van der Waals surface area contributed by atoms with E-state index in [-0.39, 0.29) is 11.8 Å². The van der Waals surface area contributed by atoms with Gasteiger partial charge in [-0.1, -0.05) is 72.5 Å². The number of ether oxygens (including phenoxy) is 1. The van der Waals surface area contributed by atoms with Crippen LogP contribution in [0, 0.1) is 58.1 Å². The number of rotatable bonds is 11. The molecule has 1 aromatic rings. The van der Waals surface area contributed by atoms with Crippen molar-refractivity contribution < 1.29 is 32.7 Å². The Morgan fingerprint density at radius 2 is 1.88 bits per heavy atom. The van der Waals surface area contributed by atoms with Crippen molar-refractivity contribution in [2.75, 3.05) is 6.61 Å². The molecule has 0 bridgehead atoms.